The fourth-order valence-corrected chi connectivity index (χ4v) is 4.11. The number of amides is 4. The van der Waals surface area contributed by atoms with E-state index in [0.717, 1.165) is 37.0 Å². The zero-order valence-electron chi connectivity index (χ0n) is 21.3. The molecule has 10 nitrogen and oxygen atoms in total. The smallest absolute Gasteiger partial charge is 0.408 e. The Balaban J connectivity index is 2.45. The van der Waals surface area contributed by atoms with E-state index in [1.807, 2.05) is 0 Å². The van der Waals surface area contributed by atoms with Gasteiger partial charge in [-0.05, 0) is 46.1 Å². The van der Waals surface area contributed by atoms with Crippen LogP contribution in [0.4, 0.5) is 4.79 Å². The van der Waals surface area contributed by atoms with Gasteiger partial charge < -0.3 is 26.2 Å². The van der Waals surface area contributed by atoms with E-state index in [0.29, 0.717) is 5.56 Å². The maximum absolute atomic E-state index is 13.6. The number of aryl methyl sites for hydroxylation is 1. The maximum atomic E-state index is 13.6. The molecule has 1 fully saturated rings. The largest absolute Gasteiger partial charge is 0.507 e. The number of hydrogen-bond donors (Lipinski definition) is 4. The molecule has 0 heterocycles. The molecule has 0 bridgehead atoms. The van der Waals surface area contributed by atoms with Gasteiger partial charge in [0.15, 0.2) is 6.04 Å². The number of nitrogens with zero attached hydrogens (tertiary/aromatic N) is 1. The Morgan fingerprint density at radius 2 is 1.86 bits per heavy atom. The van der Waals surface area contributed by atoms with E-state index in [1.54, 1.807) is 39.8 Å². The van der Waals surface area contributed by atoms with E-state index < -0.39 is 47.9 Å². The summed E-state index contributed by atoms with van der Waals surface area (Å²) in [5, 5.41) is 16.0. The number of phenolic OH excluding ortho intramolecular Hbond substituents is 1. The summed E-state index contributed by atoms with van der Waals surface area (Å²) in [6.45, 7) is 6.56. The average molecular weight is 501 g/mol. The Labute approximate surface area is 211 Å². The van der Waals surface area contributed by atoms with Gasteiger partial charge in [0, 0.05) is 17.6 Å². The van der Waals surface area contributed by atoms with Gasteiger partial charge in [-0.2, -0.15) is 0 Å². The standard InChI is InChI=1S/C26H36N4O6/c1-6-30(24(34)19(15-20(27)31)29-25(35)36-26(3,4)5)21(18-14-10-11-16(2)22(18)32)23(33)28-17-12-8-7-9-13-17/h1,10-11,14,17,19,21,32H,7-9,12-13,15H2,2-5H3,(H2,27,31)(H,28,33)(H,29,35). The number of nitrogens with one attached hydrogen (secondary N) is 2. The van der Waals surface area contributed by atoms with Gasteiger partial charge in [-0.25, -0.2) is 4.79 Å². The molecule has 0 spiro atoms. The van der Waals surface area contributed by atoms with Gasteiger partial charge >= 0.3 is 6.09 Å². The highest BCUT2D eigenvalue weighted by molar-refractivity contribution is 5.95. The summed E-state index contributed by atoms with van der Waals surface area (Å²) >= 11 is 0. The lowest BCUT2D eigenvalue weighted by atomic mass is 9.94. The minimum Gasteiger partial charge on any atom is -0.507 e. The predicted molar refractivity (Wildman–Crippen MR) is 133 cm³/mol. The van der Waals surface area contributed by atoms with E-state index in [2.05, 4.69) is 16.7 Å². The first-order valence-corrected chi connectivity index (χ1v) is 12.0. The van der Waals surface area contributed by atoms with Crippen molar-refractivity contribution in [2.75, 3.05) is 0 Å². The summed E-state index contributed by atoms with van der Waals surface area (Å²) in [5.41, 5.74) is 5.04. The molecule has 2 atom stereocenters. The van der Waals surface area contributed by atoms with Crippen LogP contribution in [0.5, 0.6) is 5.75 Å². The summed E-state index contributed by atoms with van der Waals surface area (Å²) in [6.07, 6.45) is 8.74. The van der Waals surface area contributed by atoms with Crippen LogP contribution in [0.25, 0.3) is 0 Å². The van der Waals surface area contributed by atoms with Crippen molar-refractivity contribution in [2.45, 2.75) is 89.9 Å². The summed E-state index contributed by atoms with van der Waals surface area (Å²) < 4.78 is 5.20. The third-order valence-electron chi connectivity index (χ3n) is 5.79. The number of phenols is 1. The van der Waals surface area contributed by atoms with Crippen molar-refractivity contribution in [3.8, 4) is 18.2 Å². The van der Waals surface area contributed by atoms with Gasteiger partial charge in [0.25, 0.3) is 5.91 Å². The Bertz CT molecular complexity index is 1020. The first-order valence-electron chi connectivity index (χ1n) is 12.0. The number of carbonyl (C=O) groups excluding carboxylic acids is 4. The van der Waals surface area contributed by atoms with E-state index in [-0.39, 0.29) is 17.4 Å². The van der Waals surface area contributed by atoms with Gasteiger partial charge in [-0.15, -0.1) is 0 Å². The van der Waals surface area contributed by atoms with Crippen molar-refractivity contribution >= 4 is 23.8 Å². The number of carbonyl (C=O) groups is 4. The molecule has 10 heteroatoms. The highest BCUT2D eigenvalue weighted by Gasteiger charge is 2.38. The second-order valence-corrected chi connectivity index (χ2v) is 9.97. The van der Waals surface area contributed by atoms with Gasteiger partial charge in [-0.1, -0.05) is 43.9 Å². The molecule has 0 aromatic heterocycles. The van der Waals surface area contributed by atoms with Crippen molar-refractivity contribution in [1.82, 2.24) is 15.5 Å². The molecule has 196 valence electrons. The molecule has 1 saturated carbocycles. The Morgan fingerprint density at radius 3 is 2.42 bits per heavy atom. The molecule has 0 radical (unpaired) electrons. The summed E-state index contributed by atoms with van der Waals surface area (Å²) in [4.78, 5) is 51.9. The SMILES string of the molecule is C#CN(C(=O)C(CC(N)=O)NC(=O)OC(C)(C)C)C(C(=O)NC1CCCCC1)c1cccc(C)c1O. The minimum absolute atomic E-state index is 0.100. The number of aromatic hydroxyl groups is 1. The van der Waals surface area contributed by atoms with Crippen LogP contribution in [0, 0.1) is 19.4 Å². The molecule has 1 aliphatic carbocycles. The summed E-state index contributed by atoms with van der Waals surface area (Å²) in [6, 6.07) is 3.97. The van der Waals surface area contributed by atoms with Crippen molar-refractivity contribution < 1.29 is 29.0 Å². The average Bonchev–Trinajstić information content (AvgIpc) is 2.77. The Kier molecular flexibility index (Phi) is 9.73. The van der Waals surface area contributed by atoms with Gasteiger partial charge in [0.05, 0.1) is 6.42 Å². The maximum Gasteiger partial charge on any atom is 0.408 e. The number of para-hydroxylation sites is 1. The molecule has 1 aromatic rings. The third kappa shape index (κ3) is 7.90. The van der Waals surface area contributed by atoms with E-state index in [4.69, 9.17) is 16.9 Å². The van der Waals surface area contributed by atoms with Crippen molar-refractivity contribution in [2.24, 2.45) is 5.73 Å². The molecule has 0 aliphatic heterocycles. The quantitative estimate of drug-likeness (QED) is 0.318. The second kappa shape index (κ2) is 12.3. The minimum atomic E-state index is -1.50. The van der Waals surface area contributed by atoms with Gasteiger partial charge in [0.2, 0.25) is 11.8 Å². The molecular weight excluding hydrogens is 464 g/mol. The highest BCUT2D eigenvalue weighted by Crippen LogP contribution is 2.32. The number of nitrogens with two attached hydrogens (primary N) is 1. The summed E-state index contributed by atoms with van der Waals surface area (Å²) in [7, 11) is 0. The zero-order chi connectivity index (χ0) is 27.0. The lowest BCUT2D eigenvalue weighted by molar-refractivity contribution is -0.139. The molecule has 1 aromatic carbocycles. The van der Waals surface area contributed by atoms with Crippen LogP contribution < -0.4 is 16.4 Å². The number of rotatable bonds is 8. The molecule has 4 amide bonds. The molecule has 5 N–H and O–H groups in total. The van der Waals surface area contributed by atoms with Crippen LogP contribution in [0.2, 0.25) is 0 Å². The second-order valence-electron chi connectivity index (χ2n) is 9.97. The first kappa shape index (κ1) is 28.5. The lowest BCUT2D eigenvalue weighted by Gasteiger charge is -2.32. The van der Waals surface area contributed by atoms with E-state index in [1.165, 1.54) is 6.07 Å². The number of primary amides is 1. The van der Waals surface area contributed by atoms with Crippen LogP contribution in [0.3, 0.4) is 0 Å². The topological polar surface area (TPSA) is 151 Å². The van der Waals surface area contributed by atoms with Crippen LogP contribution in [0.1, 0.15) is 76.5 Å². The van der Waals surface area contributed by atoms with Crippen LogP contribution in [-0.2, 0) is 19.1 Å². The molecular formula is C26H36N4O6. The van der Waals surface area contributed by atoms with E-state index in [9.17, 15) is 24.3 Å². The summed E-state index contributed by atoms with van der Waals surface area (Å²) in [5.74, 6) is -2.57. The van der Waals surface area contributed by atoms with Gasteiger partial charge in [-0.3, -0.25) is 19.3 Å². The van der Waals surface area contributed by atoms with E-state index >= 15 is 0 Å². The molecule has 2 rings (SSSR count). The van der Waals surface area contributed by atoms with Crippen molar-refractivity contribution in [3.05, 3.63) is 29.3 Å². The zero-order valence-corrected chi connectivity index (χ0v) is 21.3. The first-order chi connectivity index (χ1) is 16.8. The Morgan fingerprint density at radius 1 is 1.22 bits per heavy atom. The van der Waals surface area contributed by atoms with Crippen LogP contribution in [0.15, 0.2) is 18.2 Å². The molecule has 2 unspecified atom stereocenters. The van der Waals surface area contributed by atoms with Crippen molar-refractivity contribution in [1.29, 1.82) is 0 Å². The third-order valence-corrected chi connectivity index (χ3v) is 5.79. The fraction of sp³-hybridized carbons (Fsp3) is 0.538. The highest BCUT2D eigenvalue weighted by atomic mass is 16.6. The van der Waals surface area contributed by atoms with Crippen LogP contribution in [-0.4, -0.2) is 51.5 Å². The monoisotopic (exact) mass is 500 g/mol. The number of hydrogen-bond acceptors (Lipinski definition) is 6. The molecule has 1 aliphatic rings. The van der Waals surface area contributed by atoms with Crippen molar-refractivity contribution in [3.63, 3.8) is 0 Å². The number of terminal acetylenes is 1. The fourth-order valence-electron chi connectivity index (χ4n) is 4.11. The predicted octanol–water partition coefficient (Wildman–Crippen LogP) is 2.38. The van der Waals surface area contributed by atoms with Crippen LogP contribution >= 0.6 is 0 Å². The van der Waals surface area contributed by atoms with Gasteiger partial charge in [0.1, 0.15) is 17.4 Å². The molecule has 0 saturated heterocycles. The Hall–Kier alpha value is -3.74. The number of ether oxygens (including phenoxy) is 1. The molecule has 36 heavy (non-hydrogen) atoms. The normalized spacial score (nSPS) is 15.6. The number of benzene rings is 1. The number of alkyl carbamates (subject to hydrolysis) is 1. The lowest BCUT2D eigenvalue weighted by Crippen LogP contribution is -2.53.